The van der Waals surface area contributed by atoms with Crippen LogP contribution in [-0.4, -0.2) is 18.5 Å². The predicted octanol–water partition coefficient (Wildman–Crippen LogP) is 2.08. The molecule has 0 saturated carbocycles. The largest absolute Gasteiger partial charge is 0.381 e. The Kier molecular flexibility index (Phi) is 3.44. The average molecular weight is 145 g/mol. The summed E-state index contributed by atoms with van der Waals surface area (Å²) in [6.45, 7) is 4.02. The van der Waals surface area contributed by atoms with E-state index in [4.69, 9.17) is 4.74 Å². The molecule has 53 valence electrons. The first-order valence-electron chi connectivity index (χ1n) is 3.44. The van der Waals surface area contributed by atoms with Crippen LogP contribution in [0, 0.1) is 5.75 Å². The van der Waals surface area contributed by atoms with Crippen molar-refractivity contribution >= 4 is 11.8 Å². The Labute approximate surface area is 61.2 Å². The second kappa shape index (κ2) is 4.18. The average Bonchev–Trinajstić information content (AvgIpc) is 1.91. The van der Waals surface area contributed by atoms with E-state index in [2.05, 4.69) is 12.7 Å². The Morgan fingerprint density at radius 1 is 1.44 bits per heavy atom. The highest BCUT2D eigenvalue weighted by atomic mass is 32.2. The highest BCUT2D eigenvalue weighted by molar-refractivity contribution is 8.01. The smallest absolute Gasteiger partial charge is 0.0476 e. The zero-order valence-electron chi connectivity index (χ0n) is 5.80. The van der Waals surface area contributed by atoms with Gasteiger partial charge < -0.3 is 4.74 Å². The lowest BCUT2D eigenvalue weighted by Gasteiger charge is -2.20. The second-order valence-corrected chi connectivity index (χ2v) is 3.59. The molecule has 1 radical (unpaired) electrons. The van der Waals surface area contributed by atoms with Crippen LogP contribution < -0.4 is 0 Å². The number of ether oxygens (including phenoxy) is 1. The molecule has 0 aromatic heterocycles. The monoisotopic (exact) mass is 145 g/mol. The molecule has 1 aliphatic heterocycles. The maximum absolute atomic E-state index is 5.22. The lowest BCUT2D eigenvalue weighted by Crippen LogP contribution is -2.16. The minimum atomic E-state index is 0.837. The van der Waals surface area contributed by atoms with Gasteiger partial charge in [0.15, 0.2) is 0 Å². The van der Waals surface area contributed by atoms with Crippen molar-refractivity contribution in [3.63, 3.8) is 0 Å². The van der Waals surface area contributed by atoms with Crippen molar-refractivity contribution in [1.82, 2.24) is 0 Å². The van der Waals surface area contributed by atoms with Crippen molar-refractivity contribution < 1.29 is 4.74 Å². The van der Waals surface area contributed by atoms with Crippen molar-refractivity contribution in [3.8, 4) is 0 Å². The van der Waals surface area contributed by atoms with E-state index in [9.17, 15) is 0 Å². The van der Waals surface area contributed by atoms with E-state index >= 15 is 0 Å². The summed E-state index contributed by atoms with van der Waals surface area (Å²) in [5.41, 5.74) is 0. The number of hydrogen-bond donors (Lipinski definition) is 0. The third-order valence-corrected chi connectivity index (χ3v) is 2.63. The first kappa shape index (κ1) is 7.42. The van der Waals surface area contributed by atoms with Crippen LogP contribution in [0.25, 0.3) is 0 Å². The molecule has 0 atom stereocenters. The summed E-state index contributed by atoms with van der Waals surface area (Å²) in [7, 11) is 0. The molecule has 9 heavy (non-hydrogen) atoms. The lowest BCUT2D eigenvalue weighted by molar-refractivity contribution is 0.100. The fraction of sp³-hybridized carbons (Fsp3) is 0.857. The van der Waals surface area contributed by atoms with Crippen LogP contribution in [0.15, 0.2) is 0 Å². The van der Waals surface area contributed by atoms with E-state index < -0.39 is 0 Å². The zero-order valence-corrected chi connectivity index (χ0v) is 6.62. The summed E-state index contributed by atoms with van der Waals surface area (Å²) < 4.78 is 5.22. The third-order valence-electron chi connectivity index (χ3n) is 1.50. The molecular formula is C7H13OS. The van der Waals surface area contributed by atoms with Crippen LogP contribution in [0.2, 0.25) is 0 Å². The van der Waals surface area contributed by atoms with E-state index in [1.165, 1.54) is 12.8 Å². The summed E-state index contributed by atoms with van der Waals surface area (Å²) in [6.07, 6.45) is 2.46. The van der Waals surface area contributed by atoms with E-state index in [1.54, 1.807) is 0 Å². The van der Waals surface area contributed by atoms with Gasteiger partial charge in [-0.2, -0.15) is 11.8 Å². The normalized spacial score (nSPS) is 22.3. The molecule has 0 bridgehead atoms. The van der Waals surface area contributed by atoms with Gasteiger partial charge in [-0.25, -0.2) is 0 Å². The molecule has 1 saturated heterocycles. The van der Waals surface area contributed by atoms with Crippen LogP contribution in [0.1, 0.15) is 19.8 Å². The van der Waals surface area contributed by atoms with Crippen molar-refractivity contribution in [1.29, 1.82) is 0 Å². The van der Waals surface area contributed by atoms with Crippen LogP contribution in [-0.2, 0) is 4.74 Å². The molecule has 0 aromatic rings. The molecule has 1 fully saturated rings. The molecule has 0 amide bonds. The van der Waals surface area contributed by atoms with Gasteiger partial charge in [-0.05, 0) is 12.8 Å². The number of rotatable bonds is 2. The van der Waals surface area contributed by atoms with Gasteiger partial charge in [-0.3, -0.25) is 0 Å². The lowest BCUT2D eigenvalue weighted by atomic mass is 10.2. The Morgan fingerprint density at radius 2 is 2.11 bits per heavy atom. The summed E-state index contributed by atoms with van der Waals surface area (Å²) in [6, 6.07) is 0. The van der Waals surface area contributed by atoms with Gasteiger partial charge >= 0.3 is 0 Å². The minimum Gasteiger partial charge on any atom is -0.381 e. The SMILES string of the molecule is C[CH]SC1CCOCC1. The molecule has 1 rings (SSSR count). The Bertz CT molecular complexity index is 66.6. The van der Waals surface area contributed by atoms with Gasteiger partial charge in [0, 0.05) is 24.2 Å². The van der Waals surface area contributed by atoms with E-state index in [1.807, 2.05) is 11.8 Å². The van der Waals surface area contributed by atoms with E-state index in [0.717, 1.165) is 18.5 Å². The molecule has 1 heterocycles. The van der Waals surface area contributed by atoms with Gasteiger partial charge in [0.2, 0.25) is 0 Å². The quantitative estimate of drug-likeness (QED) is 0.588. The topological polar surface area (TPSA) is 9.23 Å². The Balaban J connectivity index is 2.08. The Hall–Kier alpha value is 0.310. The molecule has 1 nitrogen and oxygen atoms in total. The highest BCUT2D eigenvalue weighted by Gasteiger charge is 2.12. The fourth-order valence-corrected chi connectivity index (χ4v) is 1.85. The van der Waals surface area contributed by atoms with Crippen molar-refractivity contribution in [2.24, 2.45) is 0 Å². The van der Waals surface area contributed by atoms with Crippen molar-refractivity contribution in [2.45, 2.75) is 25.0 Å². The van der Waals surface area contributed by atoms with Crippen LogP contribution in [0.4, 0.5) is 0 Å². The predicted molar refractivity (Wildman–Crippen MR) is 41.4 cm³/mol. The molecule has 0 unspecified atom stereocenters. The first-order valence-corrected chi connectivity index (χ1v) is 4.39. The second-order valence-electron chi connectivity index (χ2n) is 2.18. The summed E-state index contributed by atoms with van der Waals surface area (Å²) >= 11 is 1.95. The minimum absolute atomic E-state index is 0.837. The summed E-state index contributed by atoms with van der Waals surface area (Å²) in [4.78, 5) is 0. The number of thioether (sulfide) groups is 1. The Morgan fingerprint density at radius 3 is 2.67 bits per heavy atom. The van der Waals surface area contributed by atoms with Gasteiger partial charge in [0.05, 0.1) is 0 Å². The van der Waals surface area contributed by atoms with Crippen molar-refractivity contribution in [2.75, 3.05) is 13.2 Å². The van der Waals surface area contributed by atoms with Gasteiger partial charge in [-0.1, -0.05) is 6.92 Å². The van der Waals surface area contributed by atoms with Crippen LogP contribution >= 0.6 is 11.8 Å². The zero-order chi connectivity index (χ0) is 6.53. The van der Waals surface area contributed by atoms with Crippen molar-refractivity contribution in [3.05, 3.63) is 5.75 Å². The van der Waals surface area contributed by atoms with Crippen LogP contribution in [0.5, 0.6) is 0 Å². The third kappa shape index (κ3) is 2.59. The van der Waals surface area contributed by atoms with E-state index in [0.29, 0.717) is 0 Å². The molecular weight excluding hydrogens is 132 g/mol. The molecule has 0 aromatic carbocycles. The van der Waals surface area contributed by atoms with Crippen LogP contribution in [0.3, 0.4) is 0 Å². The van der Waals surface area contributed by atoms with Gasteiger partial charge in [0.25, 0.3) is 0 Å². The van der Waals surface area contributed by atoms with Gasteiger partial charge in [0.1, 0.15) is 0 Å². The summed E-state index contributed by atoms with van der Waals surface area (Å²) in [5, 5.41) is 0.837. The van der Waals surface area contributed by atoms with E-state index in [-0.39, 0.29) is 0 Å². The van der Waals surface area contributed by atoms with Gasteiger partial charge in [-0.15, -0.1) is 0 Å². The maximum atomic E-state index is 5.22. The fourth-order valence-electron chi connectivity index (χ4n) is 1.00. The molecule has 0 aliphatic carbocycles. The number of hydrogen-bond acceptors (Lipinski definition) is 2. The summed E-state index contributed by atoms with van der Waals surface area (Å²) in [5.74, 6) is 2.18. The molecule has 0 N–H and O–H groups in total. The maximum Gasteiger partial charge on any atom is 0.0476 e. The molecule has 2 heteroatoms. The first-order chi connectivity index (χ1) is 4.43. The molecule has 0 spiro atoms. The molecule has 1 aliphatic rings. The standard InChI is InChI=1S/C7H13OS/c1-2-9-7-3-5-8-6-4-7/h2,7H,3-6H2,1H3. The highest BCUT2D eigenvalue weighted by Crippen LogP contribution is 2.23.